The highest BCUT2D eigenvalue weighted by Gasteiger charge is 2.32. The minimum Gasteiger partial charge on any atom is -0.271 e. The lowest BCUT2D eigenvalue weighted by Crippen LogP contribution is -2.55. The van der Waals surface area contributed by atoms with E-state index in [0.717, 1.165) is 0 Å². The van der Waals surface area contributed by atoms with Crippen molar-refractivity contribution in [2.24, 2.45) is 5.84 Å². The van der Waals surface area contributed by atoms with Crippen molar-refractivity contribution in [1.82, 2.24) is 5.43 Å². The maximum Gasteiger partial charge on any atom is 0.128 e. The maximum absolute atomic E-state index is 5.64. The minimum absolute atomic E-state index is 0.303. The maximum atomic E-state index is 5.64. The third-order valence-electron chi connectivity index (χ3n) is 1.57. The molecule has 0 amide bonds. The lowest BCUT2D eigenvalue weighted by Gasteiger charge is -2.30. The second-order valence-electron chi connectivity index (χ2n) is 2.09. The summed E-state index contributed by atoms with van der Waals surface area (Å²) >= 11 is 16.9. The first-order valence-corrected chi connectivity index (χ1v) is 4.35. The quantitative estimate of drug-likeness (QED) is 0.416. The Balaban J connectivity index is 4.15. The molecule has 3 N–H and O–H groups in total. The predicted molar refractivity (Wildman–Crippen MR) is 46.6 cm³/mol. The highest BCUT2D eigenvalue weighted by molar-refractivity contribution is 6.45. The van der Waals surface area contributed by atoms with E-state index in [9.17, 15) is 0 Å². The van der Waals surface area contributed by atoms with Gasteiger partial charge in [0.1, 0.15) is 4.84 Å². The van der Waals surface area contributed by atoms with Crippen LogP contribution >= 0.6 is 34.8 Å². The van der Waals surface area contributed by atoms with E-state index in [1.54, 1.807) is 0 Å². The van der Waals surface area contributed by atoms with Crippen molar-refractivity contribution in [3.63, 3.8) is 0 Å². The molecule has 0 aliphatic carbocycles. The van der Waals surface area contributed by atoms with E-state index in [2.05, 4.69) is 5.43 Å². The molecule has 0 bridgehead atoms. The van der Waals surface area contributed by atoms with Gasteiger partial charge in [-0.05, 0) is 6.42 Å². The molecule has 0 aliphatic heterocycles. The van der Waals surface area contributed by atoms with Crippen LogP contribution in [-0.4, -0.2) is 16.3 Å². The van der Waals surface area contributed by atoms with Crippen molar-refractivity contribution < 1.29 is 0 Å². The van der Waals surface area contributed by atoms with E-state index in [-0.39, 0.29) is 0 Å². The summed E-state index contributed by atoms with van der Waals surface area (Å²) in [6, 6.07) is 0. The van der Waals surface area contributed by atoms with Gasteiger partial charge in [0.25, 0.3) is 0 Å². The van der Waals surface area contributed by atoms with Gasteiger partial charge in [-0.2, -0.15) is 0 Å². The Kier molecular flexibility index (Phi) is 4.99. The molecule has 0 saturated carbocycles. The van der Waals surface area contributed by atoms with Crippen molar-refractivity contribution in [3.05, 3.63) is 0 Å². The molecule has 0 saturated heterocycles. The smallest absolute Gasteiger partial charge is 0.128 e. The summed E-state index contributed by atoms with van der Waals surface area (Å²) in [6.45, 7) is 1.92. The van der Waals surface area contributed by atoms with Crippen LogP contribution in [0.2, 0.25) is 0 Å². The molecule has 0 spiro atoms. The van der Waals surface area contributed by atoms with Gasteiger partial charge >= 0.3 is 0 Å². The fourth-order valence-corrected chi connectivity index (χ4v) is 1.68. The molecule has 0 fully saturated rings. The van der Waals surface area contributed by atoms with Gasteiger partial charge in [-0.1, -0.05) is 6.92 Å². The van der Waals surface area contributed by atoms with Crippen LogP contribution < -0.4 is 11.3 Å². The van der Waals surface area contributed by atoms with Gasteiger partial charge in [0.05, 0.1) is 5.54 Å². The zero-order chi connectivity index (χ0) is 8.20. The molecule has 10 heavy (non-hydrogen) atoms. The summed E-state index contributed by atoms with van der Waals surface area (Å²) in [6.07, 6.45) is 0.699. The van der Waals surface area contributed by atoms with E-state index in [1.807, 2.05) is 6.92 Å². The zero-order valence-corrected chi connectivity index (χ0v) is 7.97. The molecule has 0 aliphatic rings. The Morgan fingerprint density at radius 3 is 2.10 bits per heavy atom. The van der Waals surface area contributed by atoms with Crippen LogP contribution in [0.15, 0.2) is 0 Å². The number of rotatable bonds is 4. The van der Waals surface area contributed by atoms with Gasteiger partial charge < -0.3 is 0 Å². The first-order valence-electron chi connectivity index (χ1n) is 2.95. The number of hydrazine groups is 1. The average molecular weight is 206 g/mol. The third kappa shape index (κ3) is 2.14. The van der Waals surface area contributed by atoms with Gasteiger partial charge in [-0.15, -0.1) is 34.8 Å². The summed E-state index contributed by atoms with van der Waals surface area (Å²) in [7, 11) is 0. The Bertz CT molecular complexity index is 84.6. The third-order valence-corrected chi connectivity index (χ3v) is 2.89. The molecule has 2 nitrogen and oxygen atoms in total. The van der Waals surface area contributed by atoms with Crippen LogP contribution in [-0.2, 0) is 0 Å². The number of nitrogens with two attached hydrogens (primary N) is 1. The van der Waals surface area contributed by atoms with E-state index in [1.165, 1.54) is 0 Å². The van der Waals surface area contributed by atoms with E-state index >= 15 is 0 Å². The SMILES string of the molecule is CCC(CCl)(NN)C(Cl)Cl. The molecule has 0 aromatic heterocycles. The standard InChI is InChI=1S/C5H11Cl3N2/c1-2-5(3-6,10-9)4(7)8/h4,10H,2-3,9H2,1H3. The van der Waals surface area contributed by atoms with Crippen LogP contribution in [0.5, 0.6) is 0 Å². The van der Waals surface area contributed by atoms with Crippen molar-refractivity contribution >= 4 is 34.8 Å². The van der Waals surface area contributed by atoms with Crippen LogP contribution in [0.1, 0.15) is 13.3 Å². The summed E-state index contributed by atoms with van der Waals surface area (Å²) in [5.74, 6) is 5.53. The van der Waals surface area contributed by atoms with E-state index in [4.69, 9.17) is 40.6 Å². The minimum atomic E-state index is -0.583. The molecule has 0 rings (SSSR count). The Labute approximate surface area is 76.0 Å². The Morgan fingerprint density at radius 2 is 2.10 bits per heavy atom. The summed E-state index contributed by atoms with van der Waals surface area (Å²) in [5.41, 5.74) is 1.97. The normalized spacial score (nSPS) is 17.4. The highest BCUT2D eigenvalue weighted by Crippen LogP contribution is 2.24. The van der Waals surface area contributed by atoms with Gasteiger partial charge in [0.15, 0.2) is 0 Å². The Morgan fingerprint density at radius 1 is 1.60 bits per heavy atom. The van der Waals surface area contributed by atoms with Gasteiger partial charge in [0.2, 0.25) is 0 Å². The lowest BCUT2D eigenvalue weighted by molar-refractivity contribution is 0.379. The topological polar surface area (TPSA) is 38.0 Å². The summed E-state index contributed by atoms with van der Waals surface area (Å²) < 4.78 is 0. The molecular formula is C5H11Cl3N2. The van der Waals surface area contributed by atoms with Crippen LogP contribution in [0, 0.1) is 0 Å². The fraction of sp³-hybridized carbons (Fsp3) is 1.00. The first-order chi connectivity index (χ1) is 4.63. The Hall–Kier alpha value is 0.790. The monoisotopic (exact) mass is 204 g/mol. The lowest BCUT2D eigenvalue weighted by atomic mass is 10.0. The summed E-state index contributed by atoms with van der Waals surface area (Å²) in [4.78, 5) is -0.583. The molecule has 1 unspecified atom stereocenters. The van der Waals surface area contributed by atoms with Crippen LogP contribution in [0.4, 0.5) is 0 Å². The molecule has 0 heterocycles. The number of hydrogen-bond donors (Lipinski definition) is 2. The average Bonchev–Trinajstić information content (AvgIpc) is 1.92. The molecular weight excluding hydrogens is 194 g/mol. The van der Waals surface area contributed by atoms with Crippen molar-refractivity contribution in [1.29, 1.82) is 0 Å². The number of halogens is 3. The molecule has 0 aromatic carbocycles. The van der Waals surface area contributed by atoms with Crippen molar-refractivity contribution in [3.8, 4) is 0 Å². The first kappa shape index (κ1) is 10.8. The zero-order valence-electron chi connectivity index (χ0n) is 5.70. The van der Waals surface area contributed by atoms with Gasteiger partial charge in [-0.25, -0.2) is 0 Å². The van der Waals surface area contributed by atoms with Crippen molar-refractivity contribution in [2.45, 2.75) is 23.7 Å². The number of nitrogens with one attached hydrogen (secondary N) is 1. The number of hydrogen-bond acceptors (Lipinski definition) is 2. The van der Waals surface area contributed by atoms with Crippen LogP contribution in [0.25, 0.3) is 0 Å². The van der Waals surface area contributed by atoms with Crippen molar-refractivity contribution in [2.75, 3.05) is 5.88 Å². The molecule has 62 valence electrons. The second kappa shape index (κ2) is 4.62. The van der Waals surface area contributed by atoms with Gasteiger partial charge in [-0.3, -0.25) is 11.3 Å². The molecule has 1 atom stereocenters. The fourth-order valence-electron chi connectivity index (χ4n) is 0.511. The molecule has 0 aromatic rings. The van der Waals surface area contributed by atoms with E-state index < -0.39 is 10.4 Å². The second-order valence-corrected chi connectivity index (χ2v) is 3.45. The number of alkyl halides is 3. The summed E-state index contributed by atoms with van der Waals surface area (Å²) in [5, 5.41) is 0. The molecule has 5 heteroatoms. The van der Waals surface area contributed by atoms with Crippen LogP contribution in [0.3, 0.4) is 0 Å². The van der Waals surface area contributed by atoms with E-state index in [0.29, 0.717) is 12.3 Å². The highest BCUT2D eigenvalue weighted by atomic mass is 35.5. The molecule has 0 radical (unpaired) electrons. The predicted octanol–water partition coefficient (Wildman–Crippen LogP) is 1.64. The largest absolute Gasteiger partial charge is 0.271 e. The van der Waals surface area contributed by atoms with Gasteiger partial charge in [0, 0.05) is 5.88 Å².